The molecule has 0 aromatic heterocycles. The van der Waals surface area contributed by atoms with Gasteiger partial charge in [-0.25, -0.2) is 0 Å². The van der Waals surface area contributed by atoms with Gasteiger partial charge in [0.15, 0.2) is 0 Å². The van der Waals surface area contributed by atoms with Crippen LogP contribution in [0.5, 0.6) is 0 Å². The Morgan fingerprint density at radius 2 is 1.78 bits per heavy atom. The van der Waals surface area contributed by atoms with E-state index in [1.807, 2.05) is 42.5 Å². The molecule has 2 aromatic rings. The summed E-state index contributed by atoms with van der Waals surface area (Å²) in [5.41, 5.74) is 2.36. The van der Waals surface area contributed by atoms with Crippen LogP contribution in [0.15, 0.2) is 54.6 Å². The first-order chi connectivity index (χ1) is 11.2. The van der Waals surface area contributed by atoms with Crippen LogP contribution >= 0.6 is 0 Å². The van der Waals surface area contributed by atoms with Gasteiger partial charge in [-0.15, -0.1) is 0 Å². The number of amides is 1. The summed E-state index contributed by atoms with van der Waals surface area (Å²) in [6.45, 7) is 3.01. The number of hydrogen-bond acceptors (Lipinski definition) is 3. The van der Waals surface area contributed by atoms with Crippen molar-refractivity contribution in [1.82, 2.24) is 0 Å². The maximum absolute atomic E-state index is 12.6. The minimum Gasteiger partial charge on any atom is -0.376 e. The van der Waals surface area contributed by atoms with Gasteiger partial charge in [-0.2, -0.15) is 0 Å². The smallest absolute Gasteiger partial charge is 0.246 e. The number of hydrogen-bond donors (Lipinski definition) is 1. The lowest BCUT2D eigenvalue weighted by molar-refractivity contribution is -0.117. The molecule has 4 heteroatoms. The molecule has 0 atom stereocenters. The Bertz CT molecular complexity index is 624. The highest BCUT2D eigenvalue weighted by atomic mass is 16.2. The van der Waals surface area contributed by atoms with Crippen LogP contribution in [-0.4, -0.2) is 25.3 Å². The molecule has 4 nitrogen and oxygen atoms in total. The number of rotatable bonds is 8. The van der Waals surface area contributed by atoms with Gasteiger partial charge >= 0.3 is 0 Å². The molecular weight excluding hydrogens is 288 g/mol. The fourth-order valence-corrected chi connectivity index (χ4v) is 2.28. The van der Waals surface area contributed by atoms with Gasteiger partial charge in [-0.1, -0.05) is 31.5 Å². The molecule has 0 bridgehead atoms. The Labute approximate surface area is 137 Å². The van der Waals surface area contributed by atoms with E-state index in [0.29, 0.717) is 12.1 Å². The van der Waals surface area contributed by atoms with Crippen molar-refractivity contribution in [1.29, 1.82) is 0 Å². The highest BCUT2D eigenvalue weighted by Gasteiger charge is 2.15. The van der Waals surface area contributed by atoms with Crippen molar-refractivity contribution < 1.29 is 9.59 Å². The predicted octanol–water partition coefficient (Wildman–Crippen LogP) is 3.74. The quantitative estimate of drug-likeness (QED) is 0.756. The highest BCUT2D eigenvalue weighted by molar-refractivity contribution is 5.96. The highest BCUT2D eigenvalue weighted by Crippen LogP contribution is 2.16. The van der Waals surface area contributed by atoms with Gasteiger partial charge in [0.1, 0.15) is 6.29 Å². The summed E-state index contributed by atoms with van der Waals surface area (Å²) >= 11 is 0. The van der Waals surface area contributed by atoms with Gasteiger partial charge < -0.3 is 10.2 Å². The largest absolute Gasteiger partial charge is 0.376 e. The zero-order chi connectivity index (χ0) is 16.5. The SMILES string of the molecule is CCCCN(C(=O)CNc1ccccc1)c1ccc(C=O)cc1. The molecule has 0 spiro atoms. The number of nitrogens with one attached hydrogen (secondary N) is 1. The maximum Gasteiger partial charge on any atom is 0.246 e. The number of carbonyl (C=O) groups excluding carboxylic acids is 2. The van der Waals surface area contributed by atoms with Crippen LogP contribution in [0.2, 0.25) is 0 Å². The molecule has 1 N–H and O–H groups in total. The van der Waals surface area contributed by atoms with Crippen LogP contribution in [0, 0.1) is 0 Å². The number of unbranched alkanes of at least 4 members (excludes halogenated alkanes) is 1. The summed E-state index contributed by atoms with van der Waals surface area (Å²) < 4.78 is 0. The summed E-state index contributed by atoms with van der Waals surface area (Å²) in [5.74, 6) is 0.0150. The summed E-state index contributed by atoms with van der Waals surface area (Å²) in [4.78, 5) is 25.1. The molecule has 0 aliphatic carbocycles. The molecular formula is C19H22N2O2. The van der Waals surface area contributed by atoms with E-state index in [1.54, 1.807) is 17.0 Å². The minimum atomic E-state index is 0.0150. The van der Waals surface area contributed by atoms with Crippen LogP contribution in [0.4, 0.5) is 11.4 Å². The fraction of sp³-hybridized carbons (Fsp3) is 0.263. The molecule has 1 amide bonds. The molecule has 0 saturated carbocycles. The van der Waals surface area contributed by atoms with E-state index in [4.69, 9.17) is 0 Å². The Morgan fingerprint density at radius 3 is 2.39 bits per heavy atom. The molecule has 0 saturated heterocycles. The lowest BCUT2D eigenvalue weighted by atomic mass is 10.2. The number of benzene rings is 2. The standard InChI is InChI=1S/C19H22N2O2/c1-2-3-13-21(18-11-9-16(15-22)10-12-18)19(23)14-20-17-7-5-4-6-8-17/h4-12,15,20H,2-3,13-14H2,1H3. The number of nitrogens with zero attached hydrogens (tertiary/aromatic N) is 1. The number of carbonyl (C=O) groups is 2. The third-order valence-corrected chi connectivity index (χ3v) is 3.59. The van der Waals surface area contributed by atoms with Gasteiger partial charge in [0, 0.05) is 23.5 Å². The molecule has 0 aliphatic heterocycles. The number of anilines is 2. The Morgan fingerprint density at radius 1 is 1.09 bits per heavy atom. The third kappa shape index (κ3) is 4.95. The first-order valence-electron chi connectivity index (χ1n) is 7.89. The maximum atomic E-state index is 12.6. The first-order valence-corrected chi connectivity index (χ1v) is 7.89. The van der Waals surface area contributed by atoms with Crippen LogP contribution < -0.4 is 10.2 Å². The summed E-state index contributed by atoms with van der Waals surface area (Å²) in [5, 5.41) is 3.15. The summed E-state index contributed by atoms with van der Waals surface area (Å²) in [7, 11) is 0. The van der Waals surface area contributed by atoms with Gasteiger partial charge in [0.25, 0.3) is 0 Å². The molecule has 0 fully saturated rings. The van der Waals surface area contributed by atoms with Crippen molar-refractivity contribution in [3.8, 4) is 0 Å². The van der Waals surface area contributed by atoms with Crippen LogP contribution in [-0.2, 0) is 4.79 Å². The van der Waals surface area contributed by atoms with E-state index in [0.717, 1.165) is 30.5 Å². The zero-order valence-corrected chi connectivity index (χ0v) is 13.4. The average Bonchev–Trinajstić information content (AvgIpc) is 2.61. The van der Waals surface area contributed by atoms with E-state index in [9.17, 15) is 9.59 Å². The van der Waals surface area contributed by atoms with E-state index < -0.39 is 0 Å². The first kappa shape index (κ1) is 16.7. The van der Waals surface area contributed by atoms with E-state index >= 15 is 0 Å². The van der Waals surface area contributed by atoms with Crippen molar-refractivity contribution in [2.75, 3.05) is 23.3 Å². The van der Waals surface area contributed by atoms with Crippen LogP contribution in [0.25, 0.3) is 0 Å². The molecule has 120 valence electrons. The lowest BCUT2D eigenvalue weighted by Crippen LogP contribution is -2.36. The molecule has 0 aliphatic rings. The summed E-state index contributed by atoms with van der Waals surface area (Å²) in [6, 6.07) is 16.8. The second-order valence-electron chi connectivity index (χ2n) is 5.33. The van der Waals surface area contributed by atoms with Gasteiger partial charge in [-0.3, -0.25) is 9.59 Å². The van der Waals surface area contributed by atoms with Crippen molar-refractivity contribution in [3.63, 3.8) is 0 Å². The van der Waals surface area contributed by atoms with Crippen molar-refractivity contribution >= 4 is 23.6 Å². The molecule has 0 heterocycles. The molecule has 0 unspecified atom stereocenters. The van der Waals surface area contributed by atoms with Crippen molar-refractivity contribution in [3.05, 3.63) is 60.2 Å². The van der Waals surface area contributed by atoms with Crippen molar-refractivity contribution in [2.24, 2.45) is 0 Å². The molecule has 0 radical (unpaired) electrons. The lowest BCUT2D eigenvalue weighted by Gasteiger charge is -2.23. The fourth-order valence-electron chi connectivity index (χ4n) is 2.28. The molecule has 2 rings (SSSR count). The second kappa shape index (κ2) is 8.73. The van der Waals surface area contributed by atoms with Gasteiger partial charge in [-0.05, 0) is 42.8 Å². The predicted molar refractivity (Wildman–Crippen MR) is 94.0 cm³/mol. The molecule has 2 aromatic carbocycles. The Hall–Kier alpha value is -2.62. The topological polar surface area (TPSA) is 49.4 Å². The normalized spacial score (nSPS) is 10.1. The van der Waals surface area contributed by atoms with Crippen LogP contribution in [0.1, 0.15) is 30.1 Å². The molecule has 23 heavy (non-hydrogen) atoms. The third-order valence-electron chi connectivity index (χ3n) is 3.59. The van der Waals surface area contributed by atoms with Crippen LogP contribution in [0.3, 0.4) is 0 Å². The Kier molecular flexibility index (Phi) is 6.36. The van der Waals surface area contributed by atoms with Gasteiger partial charge in [0.2, 0.25) is 5.91 Å². The van der Waals surface area contributed by atoms with E-state index in [-0.39, 0.29) is 12.5 Å². The average molecular weight is 310 g/mol. The second-order valence-corrected chi connectivity index (χ2v) is 5.33. The number of aldehydes is 1. The van der Waals surface area contributed by atoms with E-state index in [1.165, 1.54) is 0 Å². The van der Waals surface area contributed by atoms with Gasteiger partial charge in [0.05, 0.1) is 6.54 Å². The Balaban J connectivity index is 2.06. The number of para-hydroxylation sites is 1. The zero-order valence-electron chi connectivity index (χ0n) is 13.4. The van der Waals surface area contributed by atoms with E-state index in [2.05, 4.69) is 12.2 Å². The van der Waals surface area contributed by atoms with Crippen molar-refractivity contribution in [2.45, 2.75) is 19.8 Å². The summed E-state index contributed by atoms with van der Waals surface area (Å²) in [6.07, 6.45) is 2.76. The monoisotopic (exact) mass is 310 g/mol. The minimum absolute atomic E-state index is 0.0150.